The number of nitrogens with one attached hydrogen (secondary N) is 1. The molecule has 2 unspecified atom stereocenters. The Morgan fingerprint density at radius 2 is 2.26 bits per heavy atom. The Morgan fingerprint density at radius 3 is 2.89 bits per heavy atom. The third kappa shape index (κ3) is 2.65. The number of nitro benzene ring substituents is 1. The third-order valence-electron chi connectivity index (χ3n) is 3.17. The van der Waals surface area contributed by atoms with Gasteiger partial charge in [-0.05, 0) is 12.5 Å². The lowest BCUT2D eigenvalue weighted by Gasteiger charge is -2.18. The zero-order valence-corrected chi connectivity index (χ0v) is 10.3. The molecule has 1 aliphatic heterocycles. The lowest BCUT2D eigenvalue weighted by Crippen LogP contribution is -2.33. The van der Waals surface area contributed by atoms with Gasteiger partial charge in [0.2, 0.25) is 0 Å². The highest BCUT2D eigenvalue weighted by molar-refractivity contribution is 5.74. The van der Waals surface area contributed by atoms with Crippen LogP contribution in [0.15, 0.2) is 18.2 Å². The summed E-state index contributed by atoms with van der Waals surface area (Å²) in [6.45, 7) is 2.08. The van der Waals surface area contributed by atoms with Gasteiger partial charge >= 0.3 is 5.97 Å². The molecular formula is C12H14N2O5. The van der Waals surface area contributed by atoms with E-state index in [4.69, 9.17) is 9.84 Å². The first-order chi connectivity index (χ1) is 9.00. The molecule has 1 fully saturated rings. The molecule has 0 bridgehead atoms. The summed E-state index contributed by atoms with van der Waals surface area (Å²) in [4.78, 5) is 21.5. The van der Waals surface area contributed by atoms with E-state index in [-0.39, 0.29) is 18.9 Å². The molecule has 0 radical (unpaired) electrons. The van der Waals surface area contributed by atoms with Crippen LogP contribution in [-0.4, -0.2) is 35.3 Å². The Hall–Kier alpha value is -2.15. The molecule has 0 aromatic heterocycles. The quantitative estimate of drug-likeness (QED) is 0.631. The van der Waals surface area contributed by atoms with E-state index in [0.717, 1.165) is 0 Å². The fourth-order valence-electron chi connectivity index (χ4n) is 2.12. The minimum absolute atomic E-state index is 0.0592. The molecule has 1 aliphatic rings. The molecule has 2 N–H and O–H groups in total. The Bertz CT molecular complexity index is 517. The predicted octanol–water partition coefficient (Wildman–Crippen LogP) is 1.41. The number of hydrogen-bond acceptors (Lipinski definition) is 5. The minimum Gasteiger partial charge on any atom is -0.481 e. The number of nitro groups is 1. The van der Waals surface area contributed by atoms with Crippen molar-refractivity contribution >= 4 is 17.3 Å². The molecule has 1 aromatic carbocycles. The maximum absolute atomic E-state index is 11.1. The molecule has 0 spiro atoms. The Morgan fingerprint density at radius 1 is 1.53 bits per heavy atom. The highest BCUT2D eigenvalue weighted by Gasteiger charge is 2.35. The van der Waals surface area contributed by atoms with Gasteiger partial charge in [-0.2, -0.15) is 0 Å². The summed E-state index contributed by atoms with van der Waals surface area (Å²) in [5, 5.41) is 23.0. The maximum Gasteiger partial charge on any atom is 0.311 e. The van der Waals surface area contributed by atoms with Crippen molar-refractivity contribution in [2.45, 2.75) is 13.0 Å². The molecule has 19 heavy (non-hydrogen) atoms. The molecule has 102 valence electrons. The number of benzene rings is 1. The van der Waals surface area contributed by atoms with Crippen molar-refractivity contribution in [2.75, 3.05) is 18.5 Å². The van der Waals surface area contributed by atoms with Gasteiger partial charge in [-0.1, -0.05) is 12.1 Å². The molecule has 1 saturated heterocycles. The van der Waals surface area contributed by atoms with E-state index in [1.165, 1.54) is 6.07 Å². The highest BCUT2D eigenvalue weighted by atomic mass is 16.6. The molecule has 0 saturated carbocycles. The number of nitrogens with zero attached hydrogens (tertiary/aromatic N) is 1. The number of aliphatic carboxylic acids is 1. The number of anilines is 1. The van der Waals surface area contributed by atoms with Crippen molar-refractivity contribution < 1.29 is 19.6 Å². The van der Waals surface area contributed by atoms with Crippen LogP contribution in [0.5, 0.6) is 0 Å². The summed E-state index contributed by atoms with van der Waals surface area (Å²) in [5.41, 5.74) is 0.996. The van der Waals surface area contributed by atoms with Crippen molar-refractivity contribution in [3.05, 3.63) is 33.9 Å². The first kappa shape index (κ1) is 13.3. The average molecular weight is 266 g/mol. The van der Waals surface area contributed by atoms with Gasteiger partial charge in [0.05, 0.1) is 24.2 Å². The van der Waals surface area contributed by atoms with E-state index in [2.05, 4.69) is 5.32 Å². The topological polar surface area (TPSA) is 102 Å². The summed E-state index contributed by atoms with van der Waals surface area (Å²) in [6.07, 6.45) is 0. The third-order valence-corrected chi connectivity index (χ3v) is 3.17. The van der Waals surface area contributed by atoms with E-state index in [9.17, 15) is 14.9 Å². The predicted molar refractivity (Wildman–Crippen MR) is 67.2 cm³/mol. The second-order valence-electron chi connectivity index (χ2n) is 4.46. The molecular weight excluding hydrogens is 252 g/mol. The van der Waals surface area contributed by atoms with Gasteiger partial charge in [-0.15, -0.1) is 0 Å². The summed E-state index contributed by atoms with van der Waals surface area (Å²) in [6, 6.07) is 4.26. The van der Waals surface area contributed by atoms with Crippen molar-refractivity contribution in [3.63, 3.8) is 0 Å². The summed E-state index contributed by atoms with van der Waals surface area (Å²) < 4.78 is 5.13. The van der Waals surface area contributed by atoms with Crippen molar-refractivity contribution in [1.29, 1.82) is 0 Å². The van der Waals surface area contributed by atoms with Gasteiger partial charge in [0.25, 0.3) is 5.69 Å². The fraction of sp³-hybridized carbons (Fsp3) is 0.417. The molecule has 1 aromatic rings. The Kier molecular flexibility index (Phi) is 3.66. The lowest BCUT2D eigenvalue weighted by molar-refractivity contribution is -0.384. The van der Waals surface area contributed by atoms with Gasteiger partial charge in [-0.25, -0.2) is 0 Å². The lowest BCUT2D eigenvalue weighted by atomic mass is 10.0. The van der Waals surface area contributed by atoms with Crippen LogP contribution in [0.4, 0.5) is 11.4 Å². The van der Waals surface area contributed by atoms with Crippen molar-refractivity contribution in [3.8, 4) is 0 Å². The van der Waals surface area contributed by atoms with Crippen LogP contribution in [0, 0.1) is 23.0 Å². The van der Waals surface area contributed by atoms with Crippen LogP contribution in [0.2, 0.25) is 0 Å². The van der Waals surface area contributed by atoms with Crippen LogP contribution in [-0.2, 0) is 9.53 Å². The second kappa shape index (κ2) is 5.23. The summed E-state index contributed by atoms with van der Waals surface area (Å²) in [5.74, 6) is -1.66. The summed E-state index contributed by atoms with van der Waals surface area (Å²) in [7, 11) is 0. The normalized spacial score (nSPS) is 22.2. The van der Waals surface area contributed by atoms with Gasteiger partial charge in [0.15, 0.2) is 0 Å². The largest absolute Gasteiger partial charge is 0.481 e. The molecule has 2 atom stereocenters. The van der Waals surface area contributed by atoms with Gasteiger partial charge < -0.3 is 15.2 Å². The van der Waals surface area contributed by atoms with E-state index in [1.54, 1.807) is 19.1 Å². The maximum atomic E-state index is 11.1. The fourth-order valence-corrected chi connectivity index (χ4v) is 2.12. The van der Waals surface area contributed by atoms with Gasteiger partial charge in [0.1, 0.15) is 11.6 Å². The number of aryl methyl sites for hydroxylation is 1. The number of hydrogen-bond donors (Lipinski definition) is 2. The van der Waals surface area contributed by atoms with Crippen LogP contribution >= 0.6 is 0 Å². The first-order valence-electron chi connectivity index (χ1n) is 5.82. The monoisotopic (exact) mass is 266 g/mol. The highest BCUT2D eigenvalue weighted by Crippen LogP contribution is 2.30. The standard InChI is InChI=1S/C12H14N2O5/c1-7-3-2-4-10(14(17)18)11(7)13-9-6-19-5-8(9)12(15)16/h2-4,8-9,13H,5-6H2,1H3,(H,15,16). The Labute approximate surface area is 109 Å². The van der Waals surface area contributed by atoms with Crippen LogP contribution in [0.1, 0.15) is 5.56 Å². The van der Waals surface area contributed by atoms with E-state index in [0.29, 0.717) is 11.3 Å². The first-order valence-corrected chi connectivity index (χ1v) is 5.82. The average Bonchev–Trinajstić information content (AvgIpc) is 2.79. The van der Waals surface area contributed by atoms with Crippen LogP contribution in [0.3, 0.4) is 0 Å². The van der Waals surface area contributed by atoms with E-state index < -0.39 is 22.9 Å². The second-order valence-corrected chi connectivity index (χ2v) is 4.46. The molecule has 2 rings (SSSR count). The zero-order valence-electron chi connectivity index (χ0n) is 10.3. The van der Waals surface area contributed by atoms with E-state index >= 15 is 0 Å². The minimum atomic E-state index is -0.966. The number of carboxylic acids is 1. The number of rotatable bonds is 4. The Balaban J connectivity index is 2.28. The smallest absolute Gasteiger partial charge is 0.311 e. The molecule has 7 nitrogen and oxygen atoms in total. The summed E-state index contributed by atoms with van der Waals surface area (Å²) >= 11 is 0. The number of carbonyl (C=O) groups is 1. The molecule has 0 aliphatic carbocycles. The van der Waals surface area contributed by atoms with Gasteiger partial charge in [0, 0.05) is 6.07 Å². The van der Waals surface area contributed by atoms with Crippen LogP contribution < -0.4 is 5.32 Å². The SMILES string of the molecule is Cc1cccc([N+](=O)[O-])c1NC1COCC1C(=O)O. The molecule has 7 heteroatoms. The van der Waals surface area contributed by atoms with E-state index in [1.807, 2.05) is 0 Å². The number of carboxylic acid groups (broad SMARTS) is 1. The van der Waals surface area contributed by atoms with Gasteiger partial charge in [-0.3, -0.25) is 14.9 Å². The molecule has 1 heterocycles. The number of para-hydroxylation sites is 1. The zero-order chi connectivity index (χ0) is 14.0. The number of ether oxygens (including phenoxy) is 1. The molecule has 0 amide bonds. The van der Waals surface area contributed by atoms with Crippen LogP contribution in [0.25, 0.3) is 0 Å². The van der Waals surface area contributed by atoms with Crippen molar-refractivity contribution in [1.82, 2.24) is 0 Å². The van der Waals surface area contributed by atoms with Crippen molar-refractivity contribution in [2.24, 2.45) is 5.92 Å².